The molecule has 0 radical (unpaired) electrons. The zero-order valence-electron chi connectivity index (χ0n) is 16.3. The molecule has 3 heterocycles. The lowest BCUT2D eigenvalue weighted by Gasteiger charge is -2.27. The highest BCUT2D eigenvalue weighted by Crippen LogP contribution is 2.51. The Morgan fingerprint density at radius 3 is 2.63 bits per heavy atom. The van der Waals surface area contributed by atoms with Crippen LogP contribution in [0.2, 0.25) is 15.2 Å². The molecule has 0 spiro atoms. The molecule has 2 aromatic heterocycles. The lowest BCUT2D eigenvalue weighted by atomic mass is 9.92. The van der Waals surface area contributed by atoms with Crippen LogP contribution in [0.1, 0.15) is 38.0 Å². The number of aliphatic hydroxyl groups excluding tert-OH is 1. The van der Waals surface area contributed by atoms with Crippen LogP contribution in [0.3, 0.4) is 0 Å². The van der Waals surface area contributed by atoms with E-state index >= 15 is 0 Å². The fourth-order valence-corrected chi connectivity index (χ4v) is 5.22. The second-order valence-electron chi connectivity index (χ2n) is 8.27. The third-order valence-electron chi connectivity index (χ3n) is 5.99. The van der Waals surface area contributed by atoms with Crippen LogP contribution in [0.15, 0.2) is 36.8 Å². The quantitative estimate of drug-likeness (QED) is 0.535. The van der Waals surface area contributed by atoms with Crippen LogP contribution in [-0.2, 0) is 9.47 Å². The summed E-state index contributed by atoms with van der Waals surface area (Å²) in [4.78, 5) is 8.48. The Balaban J connectivity index is 1.54. The van der Waals surface area contributed by atoms with Gasteiger partial charge in [-0.3, -0.25) is 0 Å². The molecule has 1 saturated carbocycles. The van der Waals surface area contributed by atoms with Crippen molar-refractivity contribution in [2.24, 2.45) is 5.92 Å². The number of aromatic nitrogens is 3. The smallest absolute Gasteiger partial charge is 0.163 e. The van der Waals surface area contributed by atoms with Crippen LogP contribution in [0.4, 0.5) is 0 Å². The number of aliphatic hydroxyl groups is 1. The Bertz CT molecular complexity index is 1120. The molecule has 158 valence electrons. The largest absolute Gasteiger partial charge is 0.388 e. The Kier molecular flexibility index (Phi) is 5.01. The van der Waals surface area contributed by atoms with Gasteiger partial charge in [0.05, 0.1) is 33.7 Å². The third-order valence-corrected chi connectivity index (χ3v) is 7.03. The molecule has 1 aromatic carbocycles. The van der Waals surface area contributed by atoms with Crippen LogP contribution in [0.25, 0.3) is 11.0 Å². The van der Waals surface area contributed by atoms with Gasteiger partial charge in [-0.05, 0) is 44.0 Å². The van der Waals surface area contributed by atoms with Gasteiger partial charge < -0.3 is 19.1 Å². The topological polar surface area (TPSA) is 69.4 Å². The Labute approximate surface area is 188 Å². The second-order valence-corrected chi connectivity index (χ2v) is 9.45. The molecule has 5 atom stereocenters. The zero-order chi connectivity index (χ0) is 21.2. The number of fused-ring (bicyclic) bond motifs is 2. The van der Waals surface area contributed by atoms with Crippen molar-refractivity contribution in [3.8, 4) is 0 Å². The van der Waals surface area contributed by atoms with Crippen LogP contribution in [-0.4, -0.2) is 37.6 Å². The number of rotatable bonds is 3. The van der Waals surface area contributed by atoms with E-state index in [9.17, 15) is 5.11 Å². The minimum absolute atomic E-state index is 0.0809. The summed E-state index contributed by atoms with van der Waals surface area (Å²) in [6.45, 7) is 3.77. The number of halogens is 3. The average Bonchev–Trinajstić information content (AvgIpc) is 3.34. The van der Waals surface area contributed by atoms with Gasteiger partial charge in [-0.1, -0.05) is 40.9 Å². The standard InChI is InChI=1S/C21H20Cl3N3O3/c1-21(2)29-17-12(16(28)10-3-4-13(22)14(23)7-10)8-15(18(17)30-21)27-6-5-11-19(24)25-9-26-20(11)27/h3-7,9,12,15-18,28H,8H2,1-2H3/t12-,15-,16+,17-,18+/m1/s1. The maximum Gasteiger partial charge on any atom is 0.163 e. The van der Waals surface area contributed by atoms with Gasteiger partial charge in [0, 0.05) is 12.1 Å². The summed E-state index contributed by atoms with van der Waals surface area (Å²) in [5, 5.41) is 13.3. The van der Waals surface area contributed by atoms with E-state index in [0.29, 0.717) is 27.2 Å². The highest BCUT2D eigenvalue weighted by atomic mass is 35.5. The fraction of sp³-hybridized carbons (Fsp3) is 0.429. The van der Waals surface area contributed by atoms with Crippen molar-refractivity contribution in [3.63, 3.8) is 0 Å². The molecule has 9 heteroatoms. The van der Waals surface area contributed by atoms with E-state index in [0.717, 1.165) is 11.0 Å². The first-order valence-corrected chi connectivity index (χ1v) is 10.8. The molecule has 3 aromatic rings. The lowest BCUT2D eigenvalue weighted by Crippen LogP contribution is -2.29. The van der Waals surface area contributed by atoms with E-state index in [1.165, 1.54) is 6.33 Å². The highest BCUT2D eigenvalue weighted by molar-refractivity contribution is 6.42. The SMILES string of the molecule is CC1(C)O[C@@H]2[C@@H]([C@@H](O)c3ccc(Cl)c(Cl)c3)C[C@@H](n3ccc4c(Cl)ncnc43)[C@@H]2O1. The van der Waals surface area contributed by atoms with E-state index in [1.54, 1.807) is 18.2 Å². The first kappa shape index (κ1) is 20.5. The molecule has 6 nitrogen and oxygen atoms in total. The van der Waals surface area contributed by atoms with Crippen molar-refractivity contribution in [1.29, 1.82) is 0 Å². The minimum Gasteiger partial charge on any atom is -0.388 e. The maximum absolute atomic E-state index is 11.2. The van der Waals surface area contributed by atoms with Gasteiger partial charge in [0.15, 0.2) is 5.79 Å². The highest BCUT2D eigenvalue weighted by Gasteiger charge is 2.56. The molecule has 1 aliphatic heterocycles. The predicted octanol–water partition coefficient (Wildman–Crippen LogP) is 5.21. The molecule has 0 unspecified atom stereocenters. The first-order valence-electron chi connectivity index (χ1n) is 9.71. The Morgan fingerprint density at radius 1 is 1.10 bits per heavy atom. The summed E-state index contributed by atoms with van der Waals surface area (Å²) in [6, 6.07) is 7.01. The van der Waals surface area contributed by atoms with Gasteiger partial charge in [0.1, 0.15) is 23.2 Å². The minimum atomic E-state index is -0.783. The van der Waals surface area contributed by atoms with Crippen molar-refractivity contribution in [1.82, 2.24) is 14.5 Å². The first-order chi connectivity index (χ1) is 14.2. The number of nitrogens with zero attached hydrogens (tertiary/aromatic N) is 3. The maximum atomic E-state index is 11.2. The van der Waals surface area contributed by atoms with Gasteiger partial charge in [0.2, 0.25) is 0 Å². The predicted molar refractivity (Wildman–Crippen MR) is 115 cm³/mol. The van der Waals surface area contributed by atoms with Crippen molar-refractivity contribution in [2.75, 3.05) is 0 Å². The summed E-state index contributed by atoms with van der Waals surface area (Å²) in [5.41, 5.74) is 1.43. The molecule has 0 bridgehead atoms. The molecule has 2 fully saturated rings. The van der Waals surface area contributed by atoms with E-state index < -0.39 is 11.9 Å². The number of hydrogen-bond acceptors (Lipinski definition) is 5. The summed E-state index contributed by atoms with van der Waals surface area (Å²) in [7, 11) is 0. The molecule has 30 heavy (non-hydrogen) atoms. The number of hydrogen-bond donors (Lipinski definition) is 1. The molecular formula is C21H20Cl3N3O3. The van der Waals surface area contributed by atoms with Gasteiger partial charge in [-0.2, -0.15) is 0 Å². The number of ether oxygens (including phenoxy) is 2. The van der Waals surface area contributed by atoms with Gasteiger partial charge in [-0.15, -0.1) is 0 Å². The normalized spacial score (nSPS) is 28.7. The van der Waals surface area contributed by atoms with Gasteiger partial charge in [-0.25, -0.2) is 9.97 Å². The zero-order valence-corrected chi connectivity index (χ0v) is 18.6. The number of benzene rings is 1. The monoisotopic (exact) mass is 467 g/mol. The Morgan fingerprint density at radius 2 is 1.87 bits per heavy atom. The van der Waals surface area contributed by atoms with E-state index in [1.807, 2.05) is 30.7 Å². The van der Waals surface area contributed by atoms with Crippen molar-refractivity contribution >= 4 is 45.8 Å². The molecule has 5 rings (SSSR count). The average molecular weight is 469 g/mol. The summed E-state index contributed by atoms with van der Waals surface area (Å²) in [5.74, 6) is -0.951. The lowest BCUT2D eigenvalue weighted by molar-refractivity contribution is -0.165. The van der Waals surface area contributed by atoms with Gasteiger partial charge in [0.25, 0.3) is 0 Å². The molecule has 1 N–H and O–H groups in total. The van der Waals surface area contributed by atoms with Crippen molar-refractivity contribution in [3.05, 3.63) is 57.6 Å². The van der Waals surface area contributed by atoms with E-state index in [-0.39, 0.29) is 24.2 Å². The van der Waals surface area contributed by atoms with Crippen LogP contribution in [0.5, 0.6) is 0 Å². The molecule has 1 saturated heterocycles. The van der Waals surface area contributed by atoms with Crippen LogP contribution in [0, 0.1) is 5.92 Å². The summed E-state index contributed by atoms with van der Waals surface area (Å²) in [6.07, 6.45) is 2.71. The Hall–Kier alpha value is -1.41. The van der Waals surface area contributed by atoms with E-state index in [2.05, 4.69) is 9.97 Å². The molecular weight excluding hydrogens is 449 g/mol. The van der Waals surface area contributed by atoms with Crippen molar-refractivity contribution < 1.29 is 14.6 Å². The van der Waals surface area contributed by atoms with E-state index in [4.69, 9.17) is 44.3 Å². The summed E-state index contributed by atoms with van der Waals surface area (Å²) < 4.78 is 14.6. The molecule has 2 aliphatic rings. The van der Waals surface area contributed by atoms with Crippen LogP contribution < -0.4 is 0 Å². The third kappa shape index (κ3) is 3.30. The second kappa shape index (κ2) is 7.33. The fourth-order valence-electron chi connectivity index (χ4n) is 4.72. The van der Waals surface area contributed by atoms with Gasteiger partial charge >= 0.3 is 0 Å². The molecule has 0 amide bonds. The summed E-state index contributed by atoms with van der Waals surface area (Å²) >= 11 is 18.5. The van der Waals surface area contributed by atoms with Crippen LogP contribution >= 0.6 is 34.8 Å². The molecule has 1 aliphatic carbocycles. The van der Waals surface area contributed by atoms with Crippen molar-refractivity contribution in [2.45, 2.75) is 50.4 Å².